The molecule has 0 unspecified atom stereocenters. The summed E-state index contributed by atoms with van der Waals surface area (Å²) in [6, 6.07) is 14.8. The summed E-state index contributed by atoms with van der Waals surface area (Å²) in [6.45, 7) is -1.33. The monoisotopic (exact) mass is 870 g/mol. The van der Waals surface area contributed by atoms with Crippen molar-refractivity contribution in [3.05, 3.63) is 72.1 Å². The van der Waals surface area contributed by atoms with Crippen molar-refractivity contribution >= 4 is 166 Å². The Labute approximate surface area is 427 Å². The van der Waals surface area contributed by atoms with Crippen molar-refractivity contribution in [2.24, 2.45) is 0 Å². The van der Waals surface area contributed by atoms with Crippen molar-refractivity contribution in [1.82, 2.24) is 30.4 Å². The number of benzene rings is 2. The number of amides is 4. The number of carbonyl (C=O) groups excluding carboxylic acids is 7. The fourth-order valence-corrected chi connectivity index (χ4v) is 6.48. The van der Waals surface area contributed by atoms with E-state index in [4.69, 9.17) is 9.47 Å². The van der Waals surface area contributed by atoms with Crippen LogP contribution >= 0.6 is 0 Å². The fraction of sp³-hybridized carbons (Fsp3) is 0.308. The Kier molecular flexibility index (Phi) is 18.5. The number of carbonyl (C=O) groups is 7. The normalized spacial score (nSPS) is 15.3. The van der Waals surface area contributed by atoms with Gasteiger partial charge in [-0.25, -0.2) is 14.4 Å². The molecule has 4 amide bonds. The van der Waals surface area contributed by atoms with Gasteiger partial charge in [-0.05, 0) is 74.2 Å². The topological polar surface area (TPSA) is 260 Å². The molecule has 60 heavy (non-hydrogen) atoms. The first-order valence-corrected chi connectivity index (χ1v) is 18.0. The Morgan fingerprint density at radius 1 is 0.650 bits per heavy atom. The number of aromatic nitrogens is 2. The molecule has 19 nitrogen and oxygen atoms in total. The van der Waals surface area contributed by atoms with Crippen LogP contribution in [0, 0.1) is 22.7 Å². The number of nitrogens with one attached hydrogen (secondary N) is 2. The number of ether oxygens (including phenoxy) is 4. The van der Waals surface area contributed by atoms with Crippen molar-refractivity contribution in [1.29, 1.82) is 10.5 Å². The average molecular weight is 871 g/mol. The molecule has 2 aliphatic heterocycles. The Morgan fingerprint density at radius 2 is 1.07 bits per heavy atom. The van der Waals surface area contributed by atoms with E-state index < -0.39 is 55.2 Å². The molecule has 2 aliphatic rings. The van der Waals surface area contributed by atoms with Crippen LogP contribution in [0.15, 0.2) is 60.9 Å². The van der Waals surface area contributed by atoms with Gasteiger partial charge in [-0.15, -0.1) is 0 Å². The summed E-state index contributed by atoms with van der Waals surface area (Å²) in [5.74, 6) is -4.14. The molecule has 4 heterocycles. The third-order valence-electron chi connectivity index (χ3n) is 9.27. The van der Waals surface area contributed by atoms with Gasteiger partial charge in [-0.1, -0.05) is 0 Å². The van der Waals surface area contributed by atoms with E-state index in [1.54, 1.807) is 0 Å². The van der Waals surface area contributed by atoms with Gasteiger partial charge in [0.25, 0.3) is 11.8 Å². The van der Waals surface area contributed by atoms with Gasteiger partial charge in [0.1, 0.15) is 23.6 Å². The summed E-state index contributed by atoms with van der Waals surface area (Å²) in [6.07, 6.45) is 3.74. The van der Waals surface area contributed by atoms with E-state index in [0.717, 1.165) is 0 Å². The van der Waals surface area contributed by atoms with Crippen molar-refractivity contribution in [2.75, 3.05) is 39.4 Å². The summed E-state index contributed by atoms with van der Waals surface area (Å²) in [5, 5.41) is 24.3. The maximum atomic E-state index is 13.0. The second-order valence-electron chi connectivity index (χ2n) is 13.0. The van der Waals surface area contributed by atoms with Gasteiger partial charge >= 0.3 is 121 Å². The number of nitriles is 2. The first kappa shape index (κ1) is 48.3. The number of fused-ring (bicyclic) bond motifs is 2. The van der Waals surface area contributed by atoms with E-state index in [0.29, 0.717) is 60.6 Å². The maximum absolute atomic E-state index is 13.0. The third kappa shape index (κ3) is 12.3. The Hall–Kier alpha value is -4.40. The molecule has 21 heteroatoms. The van der Waals surface area contributed by atoms with Crippen LogP contribution in [0.5, 0.6) is 11.5 Å². The molecule has 2 aromatic carbocycles. The van der Waals surface area contributed by atoms with Gasteiger partial charge < -0.3 is 39.4 Å². The second kappa shape index (κ2) is 23.0. The molecule has 2 fully saturated rings. The van der Waals surface area contributed by atoms with Crippen LogP contribution in [0.1, 0.15) is 46.4 Å². The van der Waals surface area contributed by atoms with Crippen LogP contribution in [0.4, 0.5) is 4.79 Å². The Balaban J connectivity index is 0.00000397. The average Bonchev–Trinajstić information content (AvgIpc) is 3.93. The van der Waals surface area contributed by atoms with Crippen molar-refractivity contribution < 1.29 is 52.5 Å². The number of hydrogen-bond donors (Lipinski definition) is 2. The van der Waals surface area contributed by atoms with Crippen LogP contribution in [-0.4, -0.2) is 216 Å². The van der Waals surface area contributed by atoms with Crippen molar-refractivity contribution in [3.63, 3.8) is 0 Å². The SMILES string of the molecule is N#C[C@@H]1CCCN1C(=O)CNC(=O)c1ccnc2ccc(OCC(=O)OC(=O)OC(=O)COc3ccc4nccc(C(=O)NCC(=O)N5CCC[C@H]5C#N)c4c3)cc12.[KH].[KH]. The molecule has 300 valence electrons. The van der Waals surface area contributed by atoms with Gasteiger partial charge in [0.15, 0.2) is 13.2 Å². The quantitative estimate of drug-likeness (QED) is 0.112. The molecule has 0 radical (unpaired) electrons. The zero-order chi connectivity index (χ0) is 41.2. The predicted octanol–water partition coefficient (Wildman–Crippen LogP) is 0.639. The number of likely N-dealkylation sites (tertiary alicyclic amines) is 2. The molecule has 4 aromatic rings. The summed E-state index contributed by atoms with van der Waals surface area (Å²) < 4.78 is 19.9. The van der Waals surface area contributed by atoms with Gasteiger partial charge in [-0.2, -0.15) is 10.5 Å². The number of esters is 2. The molecular formula is C39H36K2N8O11. The van der Waals surface area contributed by atoms with Gasteiger partial charge in [0.2, 0.25) is 11.8 Å². The van der Waals surface area contributed by atoms with E-state index in [1.807, 2.05) is 0 Å². The molecule has 2 aromatic heterocycles. The van der Waals surface area contributed by atoms with Crippen molar-refractivity contribution in [3.8, 4) is 23.6 Å². The number of nitrogens with zero attached hydrogens (tertiary/aromatic N) is 6. The van der Waals surface area contributed by atoms with Gasteiger partial charge in [0.05, 0.1) is 47.4 Å². The minimum atomic E-state index is -1.64. The minimum absolute atomic E-state index is 0. The van der Waals surface area contributed by atoms with Crippen molar-refractivity contribution in [2.45, 2.75) is 37.8 Å². The zero-order valence-electron chi connectivity index (χ0n) is 30.7. The van der Waals surface area contributed by atoms with Crippen LogP contribution in [0.3, 0.4) is 0 Å². The molecular weight excluding hydrogens is 835 g/mol. The summed E-state index contributed by atoms with van der Waals surface area (Å²) >= 11 is 0. The molecule has 2 saturated heterocycles. The number of hydrogen-bond acceptors (Lipinski definition) is 15. The first-order valence-electron chi connectivity index (χ1n) is 18.0. The third-order valence-corrected chi connectivity index (χ3v) is 9.27. The van der Waals surface area contributed by atoms with Crippen LogP contribution in [0.2, 0.25) is 0 Å². The summed E-state index contributed by atoms with van der Waals surface area (Å²) in [7, 11) is 0. The van der Waals surface area contributed by atoms with E-state index in [2.05, 4.69) is 42.2 Å². The molecule has 0 bridgehead atoms. The van der Waals surface area contributed by atoms with E-state index >= 15 is 0 Å². The van der Waals surface area contributed by atoms with E-state index in [-0.39, 0.29) is 150 Å². The van der Waals surface area contributed by atoms with Gasteiger partial charge in [0, 0.05) is 36.3 Å². The van der Waals surface area contributed by atoms with E-state index in [9.17, 15) is 44.1 Å². The first-order chi connectivity index (χ1) is 28.0. The van der Waals surface area contributed by atoms with Crippen LogP contribution < -0.4 is 20.1 Å². The molecule has 2 atom stereocenters. The van der Waals surface area contributed by atoms with E-state index in [1.165, 1.54) is 70.7 Å². The van der Waals surface area contributed by atoms with Gasteiger partial charge in [-0.3, -0.25) is 29.1 Å². The number of rotatable bonds is 12. The molecule has 0 aliphatic carbocycles. The second-order valence-corrected chi connectivity index (χ2v) is 13.0. The summed E-state index contributed by atoms with van der Waals surface area (Å²) in [5.41, 5.74) is 1.14. The molecule has 2 N–H and O–H groups in total. The molecule has 0 spiro atoms. The zero-order valence-corrected chi connectivity index (χ0v) is 30.7. The van der Waals surface area contributed by atoms with Crippen LogP contribution in [-0.2, 0) is 28.7 Å². The molecule has 0 saturated carbocycles. The predicted molar refractivity (Wildman–Crippen MR) is 212 cm³/mol. The Morgan fingerprint density at radius 3 is 1.47 bits per heavy atom. The van der Waals surface area contributed by atoms with Crippen LogP contribution in [0.25, 0.3) is 21.8 Å². The summed E-state index contributed by atoms with van der Waals surface area (Å²) in [4.78, 5) is 99.3. The molecule has 6 rings (SSSR count). The Bertz CT molecular complexity index is 2240. The fourth-order valence-electron chi connectivity index (χ4n) is 6.48. The number of pyridine rings is 2. The standard InChI is InChI=1S/C39H34N8O11.2K.2H/c40-17-23-3-1-13-46(23)33(48)19-44-37(52)27-9-11-42-31-7-5-25(15-29(27)31)55-21-35(50)57-39(54)58-36(51)22-56-26-6-8-32-30(16-26)28(10-12-43-32)38(53)45-20-34(49)47-14-2-4-24(47)18-41;;;;/h5-12,15-16,23-24H,1-4,13-14,19-22H2,(H,44,52)(H,45,53);;;;/t23-,24-;;;;/m0..../s1.